The molecule has 0 aliphatic heterocycles. The second kappa shape index (κ2) is 2.26. The van der Waals surface area contributed by atoms with E-state index in [2.05, 4.69) is 10.1 Å². The van der Waals surface area contributed by atoms with Gasteiger partial charge in [0.2, 0.25) is 0 Å². The Labute approximate surface area is 74.1 Å². The van der Waals surface area contributed by atoms with Crippen LogP contribution in [-0.4, -0.2) is 14.5 Å². The van der Waals surface area contributed by atoms with Crippen LogP contribution < -0.4 is 4.52 Å². The van der Waals surface area contributed by atoms with Gasteiger partial charge in [-0.05, 0) is 12.1 Å². The number of rotatable bonds is 0. The molecule has 3 aromatic heterocycles. The van der Waals surface area contributed by atoms with Gasteiger partial charge in [0.05, 0.1) is 12.4 Å². The van der Waals surface area contributed by atoms with Crippen molar-refractivity contribution in [3.05, 3.63) is 43.1 Å². The lowest BCUT2D eigenvalue weighted by atomic mass is 10.5. The smallest absolute Gasteiger partial charge is 0.252 e. The Morgan fingerprint density at radius 3 is 3.31 bits per heavy atom. The summed E-state index contributed by atoms with van der Waals surface area (Å²) in [6.45, 7) is 0. The zero-order valence-electron chi connectivity index (χ0n) is 6.83. The van der Waals surface area contributed by atoms with E-state index in [1.165, 1.54) is 0 Å². The van der Waals surface area contributed by atoms with E-state index in [1.807, 2.05) is 35.1 Å². The molecule has 0 saturated heterocycles. The molecule has 3 heterocycles. The highest BCUT2D eigenvalue weighted by Gasteiger charge is 2.06. The van der Waals surface area contributed by atoms with Gasteiger partial charge in [-0.1, -0.05) is 5.10 Å². The molecule has 0 spiro atoms. The zero-order chi connectivity index (χ0) is 8.67. The van der Waals surface area contributed by atoms with Crippen molar-refractivity contribution < 1.29 is 4.52 Å². The van der Waals surface area contributed by atoms with E-state index in [4.69, 9.17) is 0 Å². The van der Waals surface area contributed by atoms with Crippen LogP contribution in [0.2, 0.25) is 0 Å². The van der Waals surface area contributed by atoms with Gasteiger partial charge < -0.3 is 0 Å². The molecule has 3 rings (SSSR count). The molecule has 0 fully saturated rings. The fraction of sp³-hybridized carbons (Fsp3) is 0. The molecule has 0 N–H and O–H groups in total. The Bertz CT molecular complexity index is 570. The number of fused-ring (bicyclic) bond motifs is 3. The fourth-order valence-electron chi connectivity index (χ4n) is 1.45. The van der Waals surface area contributed by atoms with Crippen LogP contribution in [-0.2, 0) is 0 Å². The molecule has 0 aliphatic carbocycles. The first-order valence-corrected chi connectivity index (χ1v) is 4.03. The minimum Gasteiger partial charge on any atom is -0.252 e. The van der Waals surface area contributed by atoms with Gasteiger partial charge in [-0.3, -0.25) is 4.98 Å². The Morgan fingerprint density at radius 2 is 2.31 bits per heavy atom. The molecule has 0 radical (unpaired) electrons. The lowest BCUT2D eigenvalue weighted by molar-refractivity contribution is -0.584. The normalized spacial score (nSPS) is 11.1. The molecule has 0 aliphatic rings. The number of hydrogen-bond donors (Lipinski definition) is 0. The van der Waals surface area contributed by atoms with Gasteiger partial charge in [0.25, 0.3) is 0 Å². The zero-order valence-corrected chi connectivity index (χ0v) is 6.83. The summed E-state index contributed by atoms with van der Waals surface area (Å²) >= 11 is 0. The summed E-state index contributed by atoms with van der Waals surface area (Å²) < 4.78 is 3.83. The van der Waals surface area contributed by atoms with Crippen LogP contribution in [0.5, 0.6) is 0 Å². The van der Waals surface area contributed by atoms with Gasteiger partial charge in [-0.2, -0.15) is 4.40 Å². The summed E-state index contributed by atoms with van der Waals surface area (Å²) in [5, 5.41) is 4.24. The first-order valence-electron chi connectivity index (χ1n) is 4.03. The Hall–Kier alpha value is -1.97. The van der Waals surface area contributed by atoms with E-state index in [0.717, 1.165) is 11.2 Å². The van der Waals surface area contributed by atoms with Crippen molar-refractivity contribution >= 4 is 11.2 Å². The highest BCUT2D eigenvalue weighted by Crippen LogP contribution is 2.02. The Morgan fingerprint density at radius 1 is 1.31 bits per heavy atom. The average molecular weight is 171 g/mol. The van der Waals surface area contributed by atoms with Crippen molar-refractivity contribution in [1.82, 2.24) is 14.5 Å². The first kappa shape index (κ1) is 6.54. The molecule has 13 heavy (non-hydrogen) atoms. The monoisotopic (exact) mass is 171 g/mol. The van der Waals surface area contributed by atoms with E-state index < -0.39 is 0 Å². The molecular weight excluding hydrogens is 164 g/mol. The van der Waals surface area contributed by atoms with Crippen molar-refractivity contribution in [2.45, 2.75) is 0 Å². The number of nitrogens with zero attached hydrogens (tertiary/aromatic N) is 4. The largest absolute Gasteiger partial charge is 0.330 e. The van der Waals surface area contributed by atoms with Crippen molar-refractivity contribution in [1.29, 1.82) is 0 Å². The van der Waals surface area contributed by atoms with Crippen LogP contribution in [0.4, 0.5) is 0 Å². The Balaban J connectivity index is 2.65. The Kier molecular flexibility index (Phi) is 1.14. The van der Waals surface area contributed by atoms with Gasteiger partial charge in [-0.15, -0.1) is 4.52 Å². The quantitative estimate of drug-likeness (QED) is 0.461. The summed E-state index contributed by atoms with van der Waals surface area (Å²) in [4.78, 5) is 4.06. The molecule has 4 nitrogen and oxygen atoms in total. The molecule has 4 heteroatoms. The first-order chi connectivity index (χ1) is 6.45. The molecule has 0 aromatic carbocycles. The SMILES string of the molecule is c1cc2cn[n+]3ccncc3n2c1. The number of aromatic nitrogens is 4. The lowest BCUT2D eigenvalue weighted by Crippen LogP contribution is -2.28. The van der Waals surface area contributed by atoms with Crippen LogP contribution in [0, 0.1) is 0 Å². The summed E-state index contributed by atoms with van der Waals surface area (Å²) in [5.74, 6) is 0. The summed E-state index contributed by atoms with van der Waals surface area (Å²) in [6, 6.07) is 4.00. The minimum absolute atomic E-state index is 0.963. The molecule has 0 unspecified atom stereocenters. The summed E-state index contributed by atoms with van der Waals surface area (Å²) in [6.07, 6.45) is 9.16. The lowest BCUT2D eigenvalue weighted by Gasteiger charge is -1.91. The second-order valence-corrected chi connectivity index (χ2v) is 2.83. The van der Waals surface area contributed by atoms with E-state index in [0.29, 0.717) is 0 Å². The third-order valence-corrected chi connectivity index (χ3v) is 2.06. The molecular formula is C9H7N4+. The topological polar surface area (TPSA) is 34.3 Å². The summed E-state index contributed by atoms with van der Waals surface area (Å²) in [7, 11) is 0. The van der Waals surface area contributed by atoms with E-state index >= 15 is 0 Å². The maximum absolute atomic E-state index is 4.24. The van der Waals surface area contributed by atoms with E-state index in [-0.39, 0.29) is 0 Å². The highest BCUT2D eigenvalue weighted by atomic mass is 15.3. The van der Waals surface area contributed by atoms with Crippen LogP contribution in [0.15, 0.2) is 43.1 Å². The predicted octanol–water partition coefficient (Wildman–Crippen LogP) is 0.468. The van der Waals surface area contributed by atoms with Gasteiger partial charge in [-0.25, -0.2) is 0 Å². The van der Waals surface area contributed by atoms with Gasteiger partial charge in [0.1, 0.15) is 18.6 Å². The average Bonchev–Trinajstić information content (AvgIpc) is 2.65. The van der Waals surface area contributed by atoms with Crippen LogP contribution >= 0.6 is 0 Å². The maximum atomic E-state index is 4.24. The molecule has 0 atom stereocenters. The molecule has 3 aromatic rings. The van der Waals surface area contributed by atoms with Crippen molar-refractivity contribution in [2.24, 2.45) is 0 Å². The van der Waals surface area contributed by atoms with Crippen molar-refractivity contribution in [3.8, 4) is 0 Å². The maximum Gasteiger partial charge on any atom is 0.330 e. The molecule has 62 valence electrons. The summed E-state index contributed by atoms with van der Waals surface area (Å²) in [5.41, 5.74) is 2.04. The highest BCUT2D eigenvalue weighted by molar-refractivity contribution is 5.50. The van der Waals surface area contributed by atoms with Crippen LogP contribution in [0.1, 0.15) is 0 Å². The van der Waals surface area contributed by atoms with Crippen molar-refractivity contribution in [3.63, 3.8) is 0 Å². The van der Waals surface area contributed by atoms with Gasteiger partial charge in [0.15, 0.2) is 5.52 Å². The van der Waals surface area contributed by atoms with Crippen molar-refractivity contribution in [2.75, 3.05) is 0 Å². The van der Waals surface area contributed by atoms with Gasteiger partial charge >= 0.3 is 5.65 Å². The van der Waals surface area contributed by atoms with Crippen LogP contribution in [0.3, 0.4) is 0 Å². The third kappa shape index (κ3) is 0.823. The van der Waals surface area contributed by atoms with E-state index in [1.54, 1.807) is 16.9 Å². The predicted molar refractivity (Wildman–Crippen MR) is 46.1 cm³/mol. The molecule has 0 amide bonds. The fourth-order valence-corrected chi connectivity index (χ4v) is 1.45. The standard InChI is InChI=1S/C9H7N4/c1-2-8-6-11-13-5-3-10-7-9(13)12(8)4-1/h1-7H/q+1. The second-order valence-electron chi connectivity index (χ2n) is 2.83. The van der Waals surface area contributed by atoms with E-state index in [9.17, 15) is 0 Å². The molecule has 0 saturated carbocycles. The van der Waals surface area contributed by atoms with Gasteiger partial charge in [0, 0.05) is 0 Å². The minimum atomic E-state index is 0.963. The third-order valence-electron chi connectivity index (χ3n) is 2.06. The van der Waals surface area contributed by atoms with Crippen LogP contribution in [0.25, 0.3) is 11.2 Å². The molecule has 0 bridgehead atoms. The number of hydrogen-bond acceptors (Lipinski definition) is 2.